The molecule has 0 radical (unpaired) electrons. The van der Waals surface area contributed by atoms with Crippen molar-refractivity contribution >= 4 is 21.8 Å². The molecule has 0 spiro atoms. The summed E-state index contributed by atoms with van der Waals surface area (Å²) in [7, 11) is 1.59. The molecule has 4 aromatic rings. The lowest BCUT2D eigenvalue weighted by Gasteiger charge is -2.23. The number of fused-ring (bicyclic) bond motifs is 2. The summed E-state index contributed by atoms with van der Waals surface area (Å²) in [5.41, 5.74) is 2.23. The number of piperidine rings is 1. The number of aromatic nitrogens is 3. The standard InChI is InChI=1S/C24H25FN4O3/c1-14-9-16-18(29-14)3-4-20(23(16)25)32-24-17-10-21(30-2)22(11-19(17)27-13-28-24)31-12-15-5-7-26-8-6-15/h3-4,9-11,13,15,26,29H,5-8,12H2,1-2H3. The van der Waals surface area contributed by atoms with Crippen LogP contribution in [-0.2, 0) is 0 Å². The maximum Gasteiger partial charge on any atom is 0.230 e. The van der Waals surface area contributed by atoms with Crippen molar-refractivity contribution in [2.24, 2.45) is 5.92 Å². The third-order valence-electron chi connectivity index (χ3n) is 5.86. The van der Waals surface area contributed by atoms with E-state index < -0.39 is 5.82 Å². The van der Waals surface area contributed by atoms with Gasteiger partial charge in [-0.1, -0.05) is 0 Å². The van der Waals surface area contributed by atoms with Crippen LogP contribution in [0.1, 0.15) is 18.5 Å². The van der Waals surface area contributed by atoms with E-state index in [9.17, 15) is 0 Å². The normalized spacial score (nSPS) is 14.7. The van der Waals surface area contributed by atoms with Crippen molar-refractivity contribution in [2.45, 2.75) is 19.8 Å². The molecule has 1 saturated heterocycles. The molecule has 0 aliphatic carbocycles. The van der Waals surface area contributed by atoms with Gasteiger partial charge in [-0.2, -0.15) is 0 Å². The molecule has 5 rings (SSSR count). The van der Waals surface area contributed by atoms with Gasteiger partial charge in [-0.05, 0) is 63.0 Å². The number of nitrogens with one attached hydrogen (secondary N) is 2. The number of rotatable bonds is 6. The molecule has 0 bridgehead atoms. The molecule has 3 heterocycles. The molecule has 2 aromatic heterocycles. The Morgan fingerprint density at radius 1 is 1.03 bits per heavy atom. The van der Waals surface area contributed by atoms with Crippen LogP contribution in [0.2, 0.25) is 0 Å². The summed E-state index contributed by atoms with van der Waals surface area (Å²) < 4.78 is 32.6. The summed E-state index contributed by atoms with van der Waals surface area (Å²) in [6.07, 6.45) is 3.58. The monoisotopic (exact) mass is 436 g/mol. The van der Waals surface area contributed by atoms with E-state index >= 15 is 4.39 Å². The minimum absolute atomic E-state index is 0.0988. The predicted octanol–water partition coefficient (Wildman–Crippen LogP) is 4.74. The van der Waals surface area contributed by atoms with Crippen LogP contribution in [-0.4, -0.2) is 41.8 Å². The molecule has 1 aliphatic heterocycles. The van der Waals surface area contributed by atoms with Gasteiger partial charge in [-0.25, -0.2) is 14.4 Å². The van der Waals surface area contributed by atoms with Gasteiger partial charge in [0.15, 0.2) is 23.1 Å². The number of benzene rings is 2. The number of ether oxygens (including phenoxy) is 3. The fraction of sp³-hybridized carbons (Fsp3) is 0.333. The van der Waals surface area contributed by atoms with Crippen LogP contribution < -0.4 is 19.5 Å². The van der Waals surface area contributed by atoms with E-state index in [0.29, 0.717) is 40.3 Å². The molecule has 0 unspecified atom stereocenters. The van der Waals surface area contributed by atoms with E-state index in [4.69, 9.17) is 14.2 Å². The summed E-state index contributed by atoms with van der Waals surface area (Å²) in [4.78, 5) is 11.7. The van der Waals surface area contributed by atoms with Crippen LogP contribution >= 0.6 is 0 Å². The molecule has 32 heavy (non-hydrogen) atoms. The first-order valence-corrected chi connectivity index (χ1v) is 10.7. The SMILES string of the molecule is COc1cc2c(Oc3ccc4[nH]c(C)cc4c3F)ncnc2cc1OCC1CCNCC1. The summed E-state index contributed by atoms with van der Waals surface area (Å²) >= 11 is 0. The van der Waals surface area contributed by atoms with Gasteiger partial charge in [0.25, 0.3) is 0 Å². The van der Waals surface area contributed by atoms with E-state index in [1.54, 1.807) is 31.4 Å². The molecule has 8 heteroatoms. The first-order chi connectivity index (χ1) is 15.6. The van der Waals surface area contributed by atoms with Crippen molar-refractivity contribution in [1.82, 2.24) is 20.3 Å². The van der Waals surface area contributed by atoms with Crippen molar-refractivity contribution in [3.05, 3.63) is 48.2 Å². The molecular weight excluding hydrogens is 411 g/mol. The fourth-order valence-corrected chi connectivity index (χ4v) is 4.12. The highest BCUT2D eigenvalue weighted by Gasteiger charge is 2.18. The van der Waals surface area contributed by atoms with Gasteiger partial charge in [0.05, 0.1) is 24.6 Å². The molecule has 7 nitrogen and oxygen atoms in total. The zero-order valence-electron chi connectivity index (χ0n) is 18.1. The van der Waals surface area contributed by atoms with Crippen LogP contribution in [0.3, 0.4) is 0 Å². The molecule has 0 saturated carbocycles. The number of hydrogen-bond acceptors (Lipinski definition) is 6. The van der Waals surface area contributed by atoms with Gasteiger partial charge in [0.2, 0.25) is 5.88 Å². The quantitative estimate of drug-likeness (QED) is 0.455. The largest absolute Gasteiger partial charge is 0.493 e. The number of hydrogen-bond donors (Lipinski definition) is 2. The zero-order chi connectivity index (χ0) is 22.1. The van der Waals surface area contributed by atoms with E-state index in [1.807, 2.05) is 13.0 Å². The number of nitrogens with zero attached hydrogens (tertiary/aromatic N) is 2. The van der Waals surface area contributed by atoms with E-state index in [2.05, 4.69) is 20.3 Å². The molecule has 1 aliphatic rings. The van der Waals surface area contributed by atoms with Gasteiger partial charge in [0.1, 0.15) is 6.33 Å². The molecule has 166 valence electrons. The molecule has 0 atom stereocenters. The number of halogens is 1. The number of H-pyrrole nitrogens is 1. The third kappa shape index (κ3) is 3.93. The first kappa shape index (κ1) is 20.5. The average Bonchev–Trinajstić information content (AvgIpc) is 3.21. The highest BCUT2D eigenvalue weighted by molar-refractivity contribution is 5.87. The van der Waals surface area contributed by atoms with Gasteiger partial charge in [0, 0.05) is 22.7 Å². The van der Waals surface area contributed by atoms with Crippen molar-refractivity contribution < 1.29 is 18.6 Å². The Morgan fingerprint density at radius 3 is 2.69 bits per heavy atom. The lowest BCUT2D eigenvalue weighted by Crippen LogP contribution is -2.30. The Bertz CT molecular complexity index is 1270. The number of aryl methyl sites for hydroxylation is 1. The Morgan fingerprint density at radius 2 is 1.88 bits per heavy atom. The Kier molecular flexibility index (Phi) is 5.53. The predicted molar refractivity (Wildman–Crippen MR) is 120 cm³/mol. The lowest BCUT2D eigenvalue weighted by atomic mass is 9.99. The summed E-state index contributed by atoms with van der Waals surface area (Å²) in [5.74, 6) is 1.61. The molecule has 1 fully saturated rings. The van der Waals surface area contributed by atoms with E-state index in [-0.39, 0.29) is 11.6 Å². The summed E-state index contributed by atoms with van der Waals surface area (Å²) in [6.45, 7) is 4.54. The highest BCUT2D eigenvalue weighted by atomic mass is 19.1. The van der Waals surface area contributed by atoms with Crippen LogP contribution in [0.4, 0.5) is 4.39 Å². The van der Waals surface area contributed by atoms with Crippen LogP contribution in [0, 0.1) is 18.7 Å². The Balaban J connectivity index is 1.46. The van der Waals surface area contributed by atoms with Gasteiger partial charge in [-0.3, -0.25) is 0 Å². The zero-order valence-corrected chi connectivity index (χ0v) is 18.1. The fourth-order valence-electron chi connectivity index (χ4n) is 4.12. The maximum atomic E-state index is 15.0. The van der Waals surface area contributed by atoms with Crippen LogP contribution in [0.5, 0.6) is 23.1 Å². The molecule has 2 aromatic carbocycles. The minimum Gasteiger partial charge on any atom is -0.493 e. The van der Waals surface area contributed by atoms with Crippen molar-refractivity contribution in [2.75, 3.05) is 26.8 Å². The Hall–Kier alpha value is -3.39. The van der Waals surface area contributed by atoms with Crippen molar-refractivity contribution in [1.29, 1.82) is 0 Å². The topological polar surface area (TPSA) is 81.3 Å². The van der Waals surface area contributed by atoms with Crippen LogP contribution in [0.25, 0.3) is 21.8 Å². The summed E-state index contributed by atoms with van der Waals surface area (Å²) in [5, 5.41) is 4.45. The average molecular weight is 436 g/mol. The third-order valence-corrected chi connectivity index (χ3v) is 5.86. The van der Waals surface area contributed by atoms with Gasteiger partial charge < -0.3 is 24.5 Å². The highest BCUT2D eigenvalue weighted by Crippen LogP contribution is 2.37. The Labute approximate surface area is 184 Å². The number of methoxy groups -OCH3 is 1. The van der Waals surface area contributed by atoms with Gasteiger partial charge in [-0.15, -0.1) is 0 Å². The van der Waals surface area contributed by atoms with Gasteiger partial charge >= 0.3 is 0 Å². The van der Waals surface area contributed by atoms with E-state index in [0.717, 1.165) is 37.1 Å². The molecular formula is C24H25FN4O3. The minimum atomic E-state index is -0.437. The summed E-state index contributed by atoms with van der Waals surface area (Å²) in [6, 6.07) is 8.73. The second kappa shape index (κ2) is 8.63. The maximum absolute atomic E-state index is 15.0. The van der Waals surface area contributed by atoms with Crippen LogP contribution in [0.15, 0.2) is 36.7 Å². The smallest absolute Gasteiger partial charge is 0.230 e. The lowest BCUT2D eigenvalue weighted by molar-refractivity contribution is 0.208. The second-order valence-corrected chi connectivity index (χ2v) is 8.10. The second-order valence-electron chi connectivity index (χ2n) is 8.10. The first-order valence-electron chi connectivity index (χ1n) is 10.7. The van der Waals surface area contributed by atoms with Crippen molar-refractivity contribution in [3.8, 4) is 23.1 Å². The van der Waals surface area contributed by atoms with Crippen molar-refractivity contribution in [3.63, 3.8) is 0 Å². The molecule has 0 amide bonds. The van der Waals surface area contributed by atoms with E-state index in [1.165, 1.54) is 6.33 Å². The molecule has 2 N–H and O–H groups in total. The number of aromatic amines is 1.